The minimum absolute atomic E-state index is 0.00259. The summed E-state index contributed by atoms with van der Waals surface area (Å²) in [5.74, 6) is -0.338. The van der Waals surface area contributed by atoms with Crippen LogP contribution in [0.5, 0.6) is 0 Å². The van der Waals surface area contributed by atoms with Gasteiger partial charge in [0.25, 0.3) is 0 Å². The van der Waals surface area contributed by atoms with Gasteiger partial charge in [0.1, 0.15) is 0 Å². The monoisotopic (exact) mass is 253 g/mol. The number of fused-ring (bicyclic) bond motifs is 1. The molecule has 0 saturated carbocycles. The lowest BCUT2D eigenvalue weighted by atomic mass is 9.85. The van der Waals surface area contributed by atoms with E-state index < -0.39 is 0 Å². The Balaban J connectivity index is 1.83. The summed E-state index contributed by atoms with van der Waals surface area (Å²) in [6.45, 7) is 1.19. The van der Waals surface area contributed by atoms with Crippen LogP contribution in [0.3, 0.4) is 0 Å². The Morgan fingerprint density at radius 1 is 1.17 bits per heavy atom. The molecule has 5 nitrogen and oxygen atoms in total. The Hall–Kier alpha value is -1.20. The van der Waals surface area contributed by atoms with Crippen LogP contribution in [0, 0.1) is 11.8 Å². The molecule has 2 unspecified atom stereocenters. The zero-order valence-corrected chi connectivity index (χ0v) is 10.4. The maximum atomic E-state index is 12.1. The average Bonchev–Trinajstić information content (AvgIpc) is 2.64. The molecule has 0 spiro atoms. The summed E-state index contributed by atoms with van der Waals surface area (Å²) in [7, 11) is 0. The number of hydrogen-bond acceptors (Lipinski definition) is 4. The molecule has 2 aliphatic rings. The summed E-state index contributed by atoms with van der Waals surface area (Å²) in [6.07, 6.45) is 5.98. The van der Waals surface area contributed by atoms with Gasteiger partial charge in [0.15, 0.2) is 0 Å². The molecule has 2 amide bonds. The normalized spacial score (nSPS) is 26.8. The second-order valence-corrected chi connectivity index (χ2v) is 4.67. The van der Waals surface area contributed by atoms with Crippen LogP contribution in [0.1, 0.15) is 19.3 Å². The SMILES string of the molecule is O=C1C2CC=CCC2C(=O)N1CCCOCCO. The number of amides is 2. The second-order valence-electron chi connectivity index (χ2n) is 4.67. The zero-order valence-electron chi connectivity index (χ0n) is 10.4. The number of imide groups is 1. The van der Waals surface area contributed by atoms with E-state index in [1.165, 1.54) is 4.90 Å². The highest BCUT2D eigenvalue weighted by Crippen LogP contribution is 2.34. The first-order chi connectivity index (χ1) is 8.75. The van der Waals surface area contributed by atoms with E-state index in [-0.39, 0.29) is 30.3 Å². The number of aliphatic hydroxyl groups is 1. The Labute approximate surface area is 106 Å². The van der Waals surface area contributed by atoms with Crippen LogP contribution in [0.2, 0.25) is 0 Å². The van der Waals surface area contributed by atoms with Crippen molar-refractivity contribution < 1.29 is 19.4 Å². The third-order valence-corrected chi connectivity index (χ3v) is 3.50. The lowest BCUT2D eigenvalue weighted by Gasteiger charge is -2.14. The van der Waals surface area contributed by atoms with E-state index in [9.17, 15) is 9.59 Å². The highest BCUT2D eigenvalue weighted by atomic mass is 16.5. The van der Waals surface area contributed by atoms with Gasteiger partial charge in [-0.15, -0.1) is 0 Å². The Bertz CT molecular complexity index is 327. The second kappa shape index (κ2) is 6.11. The first-order valence-corrected chi connectivity index (χ1v) is 6.44. The van der Waals surface area contributed by atoms with Crippen molar-refractivity contribution >= 4 is 11.8 Å². The Morgan fingerprint density at radius 3 is 2.33 bits per heavy atom. The maximum absolute atomic E-state index is 12.1. The summed E-state index contributed by atoms with van der Waals surface area (Å²) in [5.41, 5.74) is 0. The molecular formula is C13H19NO4. The number of hydrogen-bond donors (Lipinski definition) is 1. The van der Waals surface area contributed by atoms with Crippen molar-refractivity contribution in [2.45, 2.75) is 19.3 Å². The summed E-state index contributed by atoms with van der Waals surface area (Å²) in [5, 5.41) is 8.55. The molecule has 2 rings (SSSR count). The van der Waals surface area contributed by atoms with Crippen LogP contribution < -0.4 is 0 Å². The highest BCUT2D eigenvalue weighted by molar-refractivity contribution is 6.05. The fraction of sp³-hybridized carbons (Fsp3) is 0.692. The van der Waals surface area contributed by atoms with E-state index in [0.29, 0.717) is 39.0 Å². The van der Waals surface area contributed by atoms with Gasteiger partial charge in [-0.1, -0.05) is 12.2 Å². The van der Waals surface area contributed by atoms with Crippen molar-refractivity contribution in [1.29, 1.82) is 0 Å². The van der Waals surface area contributed by atoms with E-state index in [1.807, 2.05) is 12.2 Å². The topological polar surface area (TPSA) is 66.8 Å². The smallest absolute Gasteiger partial charge is 0.233 e. The Morgan fingerprint density at radius 2 is 1.78 bits per heavy atom. The largest absolute Gasteiger partial charge is 0.394 e. The molecule has 100 valence electrons. The van der Waals surface area contributed by atoms with Crippen LogP contribution in [-0.2, 0) is 14.3 Å². The van der Waals surface area contributed by atoms with Crippen LogP contribution in [-0.4, -0.2) is 48.2 Å². The minimum Gasteiger partial charge on any atom is -0.394 e. The first-order valence-electron chi connectivity index (χ1n) is 6.44. The molecule has 1 saturated heterocycles. The van der Waals surface area contributed by atoms with E-state index in [0.717, 1.165) is 0 Å². The molecule has 0 bridgehead atoms. The Kier molecular flexibility index (Phi) is 4.49. The van der Waals surface area contributed by atoms with E-state index >= 15 is 0 Å². The molecule has 5 heteroatoms. The third kappa shape index (κ3) is 2.62. The van der Waals surface area contributed by atoms with E-state index in [1.54, 1.807) is 0 Å². The summed E-state index contributed by atoms with van der Waals surface area (Å²) >= 11 is 0. The quantitative estimate of drug-likeness (QED) is 0.421. The number of nitrogens with zero attached hydrogens (tertiary/aromatic N) is 1. The standard InChI is InChI=1S/C13H19NO4/c15-7-9-18-8-3-6-14-12(16)10-4-1-2-5-11(10)13(14)17/h1-2,10-11,15H,3-9H2. The van der Waals surface area contributed by atoms with Crippen LogP contribution in [0.15, 0.2) is 12.2 Å². The van der Waals surface area contributed by atoms with Crippen molar-refractivity contribution in [3.05, 3.63) is 12.2 Å². The lowest BCUT2D eigenvalue weighted by Crippen LogP contribution is -2.32. The fourth-order valence-corrected chi connectivity index (χ4v) is 2.58. The van der Waals surface area contributed by atoms with Gasteiger partial charge in [0.2, 0.25) is 11.8 Å². The molecule has 1 aliphatic carbocycles. The van der Waals surface area contributed by atoms with Crippen molar-refractivity contribution in [1.82, 2.24) is 4.90 Å². The van der Waals surface area contributed by atoms with Gasteiger partial charge in [0.05, 0.1) is 25.0 Å². The molecule has 0 aromatic rings. The van der Waals surface area contributed by atoms with Gasteiger partial charge in [-0.25, -0.2) is 0 Å². The summed E-state index contributed by atoms with van der Waals surface area (Å²) < 4.78 is 5.12. The minimum atomic E-state index is -0.138. The van der Waals surface area contributed by atoms with Gasteiger partial charge >= 0.3 is 0 Å². The molecule has 1 N–H and O–H groups in total. The summed E-state index contributed by atoms with van der Waals surface area (Å²) in [6, 6.07) is 0. The van der Waals surface area contributed by atoms with Crippen molar-refractivity contribution in [3.8, 4) is 0 Å². The molecule has 18 heavy (non-hydrogen) atoms. The fourth-order valence-electron chi connectivity index (χ4n) is 2.58. The van der Waals surface area contributed by atoms with Crippen molar-refractivity contribution in [3.63, 3.8) is 0 Å². The molecule has 1 fully saturated rings. The number of rotatable bonds is 6. The van der Waals surface area contributed by atoms with Crippen LogP contribution in [0.25, 0.3) is 0 Å². The summed E-state index contributed by atoms with van der Waals surface area (Å²) in [4.78, 5) is 25.5. The predicted octanol–water partition coefficient (Wildman–Crippen LogP) is 0.337. The lowest BCUT2D eigenvalue weighted by molar-refractivity contribution is -0.140. The predicted molar refractivity (Wildman–Crippen MR) is 64.6 cm³/mol. The number of carbonyl (C=O) groups is 2. The number of likely N-dealkylation sites (tertiary alicyclic amines) is 1. The molecule has 0 aromatic carbocycles. The van der Waals surface area contributed by atoms with E-state index in [2.05, 4.69) is 0 Å². The number of allylic oxidation sites excluding steroid dienone is 2. The molecular weight excluding hydrogens is 234 g/mol. The highest BCUT2D eigenvalue weighted by Gasteiger charge is 2.46. The molecule has 2 atom stereocenters. The van der Waals surface area contributed by atoms with Gasteiger partial charge < -0.3 is 9.84 Å². The number of ether oxygens (including phenoxy) is 1. The van der Waals surface area contributed by atoms with Gasteiger partial charge in [-0.05, 0) is 19.3 Å². The van der Waals surface area contributed by atoms with Crippen LogP contribution in [0.4, 0.5) is 0 Å². The zero-order chi connectivity index (χ0) is 13.0. The molecule has 0 radical (unpaired) electrons. The van der Waals surface area contributed by atoms with Gasteiger partial charge in [-0.3, -0.25) is 14.5 Å². The van der Waals surface area contributed by atoms with Gasteiger partial charge in [-0.2, -0.15) is 0 Å². The van der Waals surface area contributed by atoms with E-state index in [4.69, 9.17) is 9.84 Å². The molecule has 0 aromatic heterocycles. The maximum Gasteiger partial charge on any atom is 0.233 e. The van der Waals surface area contributed by atoms with Crippen molar-refractivity contribution in [2.24, 2.45) is 11.8 Å². The molecule has 1 aliphatic heterocycles. The number of aliphatic hydroxyl groups excluding tert-OH is 1. The average molecular weight is 253 g/mol. The molecule has 1 heterocycles. The van der Waals surface area contributed by atoms with Gasteiger partial charge in [0, 0.05) is 13.2 Å². The van der Waals surface area contributed by atoms with Crippen molar-refractivity contribution in [2.75, 3.05) is 26.4 Å². The third-order valence-electron chi connectivity index (χ3n) is 3.50. The first kappa shape index (κ1) is 13.2. The number of carbonyl (C=O) groups excluding carboxylic acids is 2. The van der Waals surface area contributed by atoms with Crippen LogP contribution >= 0.6 is 0 Å².